The van der Waals surface area contributed by atoms with Gasteiger partial charge in [0, 0.05) is 16.7 Å². The Morgan fingerprint density at radius 2 is 2.00 bits per heavy atom. The number of carbonyl (C=O) groups is 1. The molecule has 0 bridgehead atoms. The van der Waals surface area contributed by atoms with Gasteiger partial charge in [0.05, 0.1) is 12.8 Å². The van der Waals surface area contributed by atoms with Gasteiger partial charge in [-0.05, 0) is 25.1 Å². The van der Waals surface area contributed by atoms with Crippen LogP contribution in [0.5, 0.6) is 5.75 Å². The molecule has 0 atom stereocenters. The van der Waals surface area contributed by atoms with Gasteiger partial charge in [0.25, 0.3) is 0 Å². The third kappa shape index (κ3) is 1.41. The molecule has 0 fully saturated rings. The maximum Gasteiger partial charge on any atom is 0.225 e. The molecule has 0 unspecified atom stereocenters. The maximum absolute atomic E-state index is 11.8. The van der Waals surface area contributed by atoms with Crippen LogP contribution in [0.15, 0.2) is 34.7 Å². The molecule has 1 heterocycles. The van der Waals surface area contributed by atoms with Gasteiger partial charge >= 0.3 is 0 Å². The summed E-state index contributed by atoms with van der Waals surface area (Å²) in [6.45, 7) is 1.73. The Hall–Kier alpha value is -2.56. The number of nitrogens with zero attached hydrogens (tertiary/aromatic N) is 1. The maximum atomic E-state index is 11.8. The molecule has 5 heteroatoms. The lowest BCUT2D eigenvalue weighted by Crippen LogP contribution is -2.17. The van der Waals surface area contributed by atoms with E-state index in [0.29, 0.717) is 22.5 Å². The summed E-state index contributed by atoms with van der Waals surface area (Å²) in [6.07, 6.45) is 1.39. The monoisotopic (exact) mass is 257 g/mol. The lowest BCUT2D eigenvalue weighted by molar-refractivity contribution is -0.114. The summed E-state index contributed by atoms with van der Waals surface area (Å²) in [5.41, 5.74) is 2.76. The van der Waals surface area contributed by atoms with Crippen LogP contribution in [0.2, 0.25) is 0 Å². The number of carbonyl (C=O) groups excluding carboxylic acids is 1. The number of hydrogen-bond acceptors (Lipinski definition) is 5. The molecule has 2 aliphatic rings. The van der Waals surface area contributed by atoms with Crippen molar-refractivity contribution in [2.45, 2.75) is 6.92 Å². The Labute approximate surface area is 109 Å². The van der Waals surface area contributed by atoms with Gasteiger partial charge < -0.3 is 14.9 Å². The van der Waals surface area contributed by atoms with E-state index in [1.54, 1.807) is 19.1 Å². The molecule has 0 saturated heterocycles. The Bertz CT molecular complexity index is 710. The lowest BCUT2D eigenvalue weighted by Gasteiger charge is -2.13. The lowest BCUT2D eigenvalue weighted by atomic mass is 9.94. The standard InChI is InChI=1S/C14H11NO4/c1-6-9(16)4-3-7-8-5-10(17)14(19-2)13(18)12(8)15-11(6)7/h3-5,16,18H,1-2H3. The van der Waals surface area contributed by atoms with E-state index < -0.39 is 5.78 Å². The number of aromatic hydroxyl groups is 1. The highest BCUT2D eigenvalue weighted by Crippen LogP contribution is 2.43. The minimum atomic E-state index is -0.396. The van der Waals surface area contributed by atoms with Crippen LogP contribution in [-0.2, 0) is 9.53 Å². The third-order valence-corrected chi connectivity index (χ3v) is 3.31. The molecule has 0 aromatic heterocycles. The first-order valence-corrected chi connectivity index (χ1v) is 5.70. The second kappa shape index (κ2) is 3.71. The van der Waals surface area contributed by atoms with Gasteiger partial charge in [-0.25, -0.2) is 4.99 Å². The van der Waals surface area contributed by atoms with Crippen LogP contribution < -0.4 is 0 Å². The largest absolute Gasteiger partial charge is 0.508 e. The summed E-state index contributed by atoms with van der Waals surface area (Å²) in [6, 6.07) is 3.23. The topological polar surface area (TPSA) is 79.1 Å². The number of aliphatic imine (C=N–C) groups is 1. The number of ether oxygens (including phenoxy) is 1. The predicted octanol–water partition coefficient (Wildman–Crippen LogP) is 2.17. The van der Waals surface area contributed by atoms with Crippen molar-refractivity contribution in [2.75, 3.05) is 7.11 Å². The number of aliphatic hydroxyl groups excluding tert-OH is 1. The van der Waals surface area contributed by atoms with Crippen molar-refractivity contribution in [1.29, 1.82) is 0 Å². The van der Waals surface area contributed by atoms with Crippen LogP contribution in [0.3, 0.4) is 0 Å². The zero-order valence-electron chi connectivity index (χ0n) is 10.4. The molecule has 1 aromatic rings. The molecule has 0 spiro atoms. The highest BCUT2D eigenvalue weighted by Gasteiger charge is 2.34. The molecule has 96 valence electrons. The fourth-order valence-electron chi connectivity index (χ4n) is 2.30. The van der Waals surface area contributed by atoms with Gasteiger partial charge in [0.15, 0.2) is 5.76 Å². The van der Waals surface area contributed by atoms with E-state index in [9.17, 15) is 15.0 Å². The van der Waals surface area contributed by atoms with Gasteiger partial charge in [-0.3, -0.25) is 4.79 Å². The van der Waals surface area contributed by atoms with Crippen molar-refractivity contribution in [3.8, 4) is 5.75 Å². The van der Waals surface area contributed by atoms with E-state index in [2.05, 4.69) is 4.99 Å². The first kappa shape index (κ1) is 11.5. The summed E-state index contributed by atoms with van der Waals surface area (Å²) < 4.78 is 4.88. The molecule has 1 aliphatic heterocycles. The molecule has 1 aliphatic carbocycles. The second-order valence-electron chi connectivity index (χ2n) is 4.37. The van der Waals surface area contributed by atoms with E-state index >= 15 is 0 Å². The number of phenols is 1. The minimum absolute atomic E-state index is 0.114. The van der Waals surface area contributed by atoms with Crippen molar-refractivity contribution in [3.05, 3.63) is 40.9 Å². The molecule has 19 heavy (non-hydrogen) atoms. The summed E-state index contributed by atoms with van der Waals surface area (Å²) in [7, 11) is 1.32. The summed E-state index contributed by atoms with van der Waals surface area (Å²) in [5, 5.41) is 19.7. The van der Waals surface area contributed by atoms with Crippen molar-refractivity contribution >= 4 is 22.8 Å². The molecule has 0 radical (unpaired) electrons. The number of phenolic OH excluding ortho intramolecular Hbond substituents is 1. The van der Waals surface area contributed by atoms with Crippen molar-refractivity contribution in [2.24, 2.45) is 4.99 Å². The Morgan fingerprint density at radius 3 is 2.68 bits per heavy atom. The van der Waals surface area contributed by atoms with Crippen LogP contribution in [0, 0.1) is 6.92 Å². The smallest absolute Gasteiger partial charge is 0.225 e. The van der Waals surface area contributed by atoms with E-state index in [4.69, 9.17) is 4.74 Å². The molecular formula is C14H11NO4. The first-order valence-electron chi connectivity index (χ1n) is 5.70. The van der Waals surface area contributed by atoms with Gasteiger partial charge in [-0.1, -0.05) is 0 Å². The minimum Gasteiger partial charge on any atom is -0.508 e. The highest BCUT2D eigenvalue weighted by molar-refractivity contribution is 6.41. The number of ketones is 1. The van der Waals surface area contributed by atoms with Crippen LogP contribution in [0.4, 0.5) is 5.69 Å². The summed E-state index contributed by atoms with van der Waals surface area (Å²) >= 11 is 0. The Kier molecular flexibility index (Phi) is 2.25. The van der Waals surface area contributed by atoms with E-state index in [-0.39, 0.29) is 17.3 Å². The number of rotatable bonds is 1. The van der Waals surface area contributed by atoms with Crippen LogP contribution in [0.25, 0.3) is 5.57 Å². The number of aliphatic hydroxyl groups is 1. The average Bonchev–Trinajstić information content (AvgIpc) is 2.74. The molecule has 0 amide bonds. The number of benzene rings is 1. The van der Waals surface area contributed by atoms with Crippen LogP contribution in [-0.4, -0.2) is 28.8 Å². The Balaban J connectivity index is 2.27. The van der Waals surface area contributed by atoms with Gasteiger partial charge in [0.1, 0.15) is 11.5 Å². The normalized spacial score (nSPS) is 16.8. The predicted molar refractivity (Wildman–Crippen MR) is 69.6 cm³/mol. The fourth-order valence-corrected chi connectivity index (χ4v) is 2.30. The fraction of sp³-hybridized carbons (Fsp3) is 0.143. The number of fused-ring (bicyclic) bond motifs is 3. The van der Waals surface area contributed by atoms with Crippen LogP contribution >= 0.6 is 0 Å². The average molecular weight is 257 g/mol. The zero-order chi connectivity index (χ0) is 13.7. The zero-order valence-corrected chi connectivity index (χ0v) is 10.4. The van der Waals surface area contributed by atoms with E-state index in [1.165, 1.54) is 13.2 Å². The Morgan fingerprint density at radius 1 is 1.26 bits per heavy atom. The highest BCUT2D eigenvalue weighted by atomic mass is 16.5. The number of methoxy groups -OCH3 is 1. The van der Waals surface area contributed by atoms with E-state index in [0.717, 1.165) is 5.56 Å². The molecular weight excluding hydrogens is 246 g/mol. The molecule has 0 saturated carbocycles. The van der Waals surface area contributed by atoms with Gasteiger partial charge in [0.2, 0.25) is 11.5 Å². The number of allylic oxidation sites excluding steroid dienone is 2. The van der Waals surface area contributed by atoms with Crippen molar-refractivity contribution < 1.29 is 19.7 Å². The summed E-state index contributed by atoms with van der Waals surface area (Å²) in [5.74, 6) is -0.645. The molecule has 5 nitrogen and oxygen atoms in total. The van der Waals surface area contributed by atoms with Crippen molar-refractivity contribution in [1.82, 2.24) is 0 Å². The van der Waals surface area contributed by atoms with Gasteiger partial charge in [-0.2, -0.15) is 0 Å². The molecule has 2 N–H and O–H groups in total. The first-order chi connectivity index (χ1) is 9.04. The number of hydrogen-bond donors (Lipinski definition) is 2. The van der Waals surface area contributed by atoms with E-state index in [1.807, 2.05) is 0 Å². The van der Waals surface area contributed by atoms with Crippen molar-refractivity contribution in [3.63, 3.8) is 0 Å². The quantitative estimate of drug-likeness (QED) is 0.756. The van der Waals surface area contributed by atoms with Crippen LogP contribution in [0.1, 0.15) is 11.1 Å². The second-order valence-corrected chi connectivity index (χ2v) is 4.37. The van der Waals surface area contributed by atoms with Gasteiger partial charge in [-0.15, -0.1) is 0 Å². The molecule has 3 rings (SSSR count). The summed E-state index contributed by atoms with van der Waals surface area (Å²) in [4.78, 5) is 16.1. The molecule has 1 aromatic carbocycles. The SMILES string of the molecule is COC1=C(O)C2=Nc3c(ccc(O)c3C)C2=CC1=O. The third-order valence-electron chi connectivity index (χ3n) is 3.31.